The van der Waals surface area contributed by atoms with Gasteiger partial charge in [-0.05, 0) is 73.9 Å². The molecule has 0 unspecified atom stereocenters. The molecule has 174 valence electrons. The fraction of sp³-hybridized carbons (Fsp3) is 0.167. The van der Waals surface area contributed by atoms with E-state index in [0.717, 1.165) is 11.1 Å². The van der Waals surface area contributed by atoms with E-state index < -0.39 is 17.4 Å². The van der Waals surface area contributed by atoms with E-state index >= 15 is 0 Å². The third-order valence-electron chi connectivity index (χ3n) is 4.85. The predicted octanol–water partition coefficient (Wildman–Crippen LogP) is 5.17. The molecule has 1 amide bonds. The quantitative estimate of drug-likeness (QED) is 0.206. The summed E-state index contributed by atoms with van der Waals surface area (Å²) in [5.41, 5.74) is 6.48. The van der Waals surface area contributed by atoms with Crippen LogP contribution in [-0.4, -0.2) is 28.8 Å². The maximum atomic E-state index is 12.0. The van der Waals surface area contributed by atoms with Gasteiger partial charge in [0.1, 0.15) is 5.75 Å². The smallest absolute Gasteiger partial charge is 0.311 e. The van der Waals surface area contributed by atoms with Crippen molar-refractivity contribution in [1.82, 2.24) is 5.43 Å². The summed E-state index contributed by atoms with van der Waals surface area (Å²) in [7, 11) is 0. The van der Waals surface area contributed by atoms with Crippen LogP contribution >= 0.6 is 0 Å². The molecule has 0 bridgehead atoms. The molecule has 0 fully saturated rings. The Balaban J connectivity index is 1.61. The topological polar surface area (TPSA) is 139 Å². The molecule has 0 spiro atoms. The number of hydrazone groups is 1. The van der Waals surface area contributed by atoms with Gasteiger partial charge in [0.25, 0.3) is 5.91 Å². The standard InChI is InChI=1S/C24H23N5O5/c1-15-4-9-23(21(10-15)29(32)33)34-14-24(31)28-25-13-18-12-20(7-8-22(18)30)27-26-19-6-5-16(2)17(3)11-19/h4-13,30H,14H2,1-3H3,(H,28,31)/b25-13-,27-26?. The number of aromatic hydroxyl groups is 1. The number of amides is 1. The number of carbonyl (C=O) groups is 1. The van der Waals surface area contributed by atoms with E-state index in [1.54, 1.807) is 25.1 Å². The molecule has 0 radical (unpaired) electrons. The molecule has 0 saturated heterocycles. The van der Waals surface area contributed by atoms with E-state index in [-0.39, 0.29) is 17.2 Å². The zero-order valence-electron chi connectivity index (χ0n) is 18.8. The van der Waals surface area contributed by atoms with Crippen LogP contribution in [-0.2, 0) is 4.79 Å². The van der Waals surface area contributed by atoms with Gasteiger partial charge in [0.2, 0.25) is 0 Å². The van der Waals surface area contributed by atoms with Crippen molar-refractivity contribution < 1.29 is 19.6 Å². The second-order valence-electron chi connectivity index (χ2n) is 7.52. The molecule has 10 heteroatoms. The SMILES string of the molecule is Cc1ccc(OCC(=O)N/N=C\c2cc(N=Nc3ccc(C)c(C)c3)ccc2O)c([N+](=O)[O-])c1. The summed E-state index contributed by atoms with van der Waals surface area (Å²) in [6.07, 6.45) is 1.25. The molecule has 0 aromatic heterocycles. The Morgan fingerprint density at radius 2 is 1.74 bits per heavy atom. The van der Waals surface area contributed by atoms with Crippen LogP contribution in [0.3, 0.4) is 0 Å². The highest BCUT2D eigenvalue weighted by Gasteiger charge is 2.16. The third kappa shape index (κ3) is 6.45. The molecule has 3 aromatic carbocycles. The van der Waals surface area contributed by atoms with Crippen molar-refractivity contribution in [3.63, 3.8) is 0 Å². The van der Waals surface area contributed by atoms with Gasteiger partial charge < -0.3 is 9.84 Å². The summed E-state index contributed by atoms with van der Waals surface area (Å²) in [6, 6.07) is 14.8. The maximum Gasteiger partial charge on any atom is 0.311 e. The summed E-state index contributed by atoms with van der Waals surface area (Å²) in [5.74, 6) is -0.708. The Kier molecular flexibility index (Phi) is 7.65. The first-order chi connectivity index (χ1) is 16.2. The van der Waals surface area contributed by atoms with Crippen molar-refractivity contribution >= 4 is 29.2 Å². The van der Waals surface area contributed by atoms with Gasteiger partial charge in [-0.3, -0.25) is 14.9 Å². The summed E-state index contributed by atoms with van der Waals surface area (Å²) in [5, 5.41) is 33.3. The molecule has 0 atom stereocenters. The van der Waals surface area contributed by atoms with Crippen LogP contribution < -0.4 is 10.2 Å². The molecule has 2 N–H and O–H groups in total. The first kappa shape index (κ1) is 24.1. The average Bonchev–Trinajstić information content (AvgIpc) is 2.80. The van der Waals surface area contributed by atoms with Crippen LogP contribution in [0.2, 0.25) is 0 Å². The lowest BCUT2D eigenvalue weighted by molar-refractivity contribution is -0.385. The number of nitrogens with zero attached hydrogens (tertiary/aromatic N) is 4. The summed E-state index contributed by atoms with van der Waals surface area (Å²) in [4.78, 5) is 22.5. The van der Waals surface area contributed by atoms with Crippen LogP contribution in [0.4, 0.5) is 17.1 Å². The van der Waals surface area contributed by atoms with E-state index in [1.165, 1.54) is 24.4 Å². The number of nitro benzene ring substituents is 1. The maximum absolute atomic E-state index is 12.0. The number of azo groups is 1. The van der Waals surface area contributed by atoms with Crippen molar-refractivity contribution in [2.75, 3.05) is 6.61 Å². The predicted molar refractivity (Wildman–Crippen MR) is 127 cm³/mol. The molecule has 10 nitrogen and oxygen atoms in total. The monoisotopic (exact) mass is 461 g/mol. The Labute approximate surface area is 195 Å². The van der Waals surface area contributed by atoms with Gasteiger partial charge in [-0.1, -0.05) is 12.1 Å². The van der Waals surface area contributed by atoms with E-state index in [2.05, 4.69) is 20.8 Å². The summed E-state index contributed by atoms with van der Waals surface area (Å²) < 4.78 is 5.25. The van der Waals surface area contributed by atoms with Gasteiger partial charge in [0.15, 0.2) is 12.4 Å². The second kappa shape index (κ2) is 10.8. The number of nitro groups is 1. The van der Waals surface area contributed by atoms with Crippen molar-refractivity contribution in [1.29, 1.82) is 0 Å². The van der Waals surface area contributed by atoms with Gasteiger partial charge in [-0.15, -0.1) is 0 Å². The van der Waals surface area contributed by atoms with Gasteiger partial charge in [0.05, 0.1) is 22.5 Å². The van der Waals surface area contributed by atoms with Crippen LogP contribution in [0.25, 0.3) is 0 Å². The first-order valence-electron chi connectivity index (χ1n) is 10.2. The Morgan fingerprint density at radius 1 is 1.03 bits per heavy atom. The largest absolute Gasteiger partial charge is 0.507 e. The van der Waals surface area contributed by atoms with Crippen molar-refractivity contribution in [2.24, 2.45) is 15.3 Å². The lowest BCUT2D eigenvalue weighted by atomic mass is 10.1. The Morgan fingerprint density at radius 3 is 2.44 bits per heavy atom. The minimum Gasteiger partial charge on any atom is -0.507 e. The van der Waals surface area contributed by atoms with Gasteiger partial charge in [0, 0.05) is 11.6 Å². The number of phenolic OH excluding ortho intramolecular Hbond substituents is 1. The second-order valence-corrected chi connectivity index (χ2v) is 7.52. The highest BCUT2D eigenvalue weighted by molar-refractivity contribution is 5.86. The Bertz CT molecular complexity index is 1290. The van der Waals surface area contributed by atoms with Crippen molar-refractivity contribution in [3.8, 4) is 11.5 Å². The van der Waals surface area contributed by atoms with E-state index in [1.807, 2.05) is 32.0 Å². The normalized spacial score (nSPS) is 11.1. The number of aryl methyl sites for hydroxylation is 3. The van der Waals surface area contributed by atoms with Crippen LogP contribution in [0.5, 0.6) is 11.5 Å². The number of ether oxygens (including phenoxy) is 1. The van der Waals surface area contributed by atoms with Gasteiger partial charge in [-0.2, -0.15) is 15.3 Å². The molecular weight excluding hydrogens is 438 g/mol. The zero-order chi connectivity index (χ0) is 24.7. The zero-order valence-corrected chi connectivity index (χ0v) is 18.8. The number of nitrogens with one attached hydrogen (secondary N) is 1. The molecular formula is C24H23N5O5. The molecule has 0 aliphatic carbocycles. The fourth-order valence-electron chi connectivity index (χ4n) is 2.85. The van der Waals surface area contributed by atoms with Crippen molar-refractivity contribution in [2.45, 2.75) is 20.8 Å². The van der Waals surface area contributed by atoms with E-state index in [0.29, 0.717) is 22.5 Å². The molecule has 0 aliphatic heterocycles. The van der Waals surface area contributed by atoms with Crippen LogP contribution in [0.1, 0.15) is 22.3 Å². The van der Waals surface area contributed by atoms with E-state index in [9.17, 15) is 20.0 Å². The first-order valence-corrected chi connectivity index (χ1v) is 10.2. The molecule has 0 aliphatic rings. The van der Waals surface area contributed by atoms with Gasteiger partial charge >= 0.3 is 5.69 Å². The van der Waals surface area contributed by atoms with E-state index in [4.69, 9.17) is 4.74 Å². The number of phenols is 1. The number of carbonyl (C=O) groups excluding carboxylic acids is 1. The fourth-order valence-corrected chi connectivity index (χ4v) is 2.85. The third-order valence-corrected chi connectivity index (χ3v) is 4.85. The minimum absolute atomic E-state index is 0.0193. The van der Waals surface area contributed by atoms with Crippen molar-refractivity contribution in [3.05, 3.63) is 87.0 Å². The number of benzene rings is 3. The lowest BCUT2D eigenvalue weighted by Crippen LogP contribution is -2.24. The highest BCUT2D eigenvalue weighted by atomic mass is 16.6. The summed E-state index contributed by atoms with van der Waals surface area (Å²) >= 11 is 0. The number of hydrogen-bond acceptors (Lipinski definition) is 8. The average molecular weight is 461 g/mol. The van der Waals surface area contributed by atoms with Gasteiger partial charge in [-0.25, -0.2) is 5.43 Å². The number of hydrogen-bond donors (Lipinski definition) is 2. The van der Waals surface area contributed by atoms with Crippen LogP contribution in [0.15, 0.2) is 69.9 Å². The lowest BCUT2D eigenvalue weighted by Gasteiger charge is -2.06. The molecule has 34 heavy (non-hydrogen) atoms. The molecule has 0 saturated carbocycles. The molecule has 0 heterocycles. The van der Waals surface area contributed by atoms with Crippen LogP contribution in [0, 0.1) is 30.9 Å². The molecule has 3 rings (SSSR count). The highest BCUT2D eigenvalue weighted by Crippen LogP contribution is 2.28. The number of rotatable bonds is 8. The molecule has 3 aromatic rings. The summed E-state index contributed by atoms with van der Waals surface area (Å²) in [6.45, 7) is 5.24. The minimum atomic E-state index is -0.629. The Hall–Kier alpha value is -4.60.